The van der Waals surface area contributed by atoms with Crippen LogP contribution in [0.3, 0.4) is 0 Å². The number of amides is 1. The van der Waals surface area contributed by atoms with Crippen LogP contribution in [0.5, 0.6) is 0 Å². The molecule has 2 aromatic carbocycles. The second-order valence-corrected chi connectivity index (χ2v) is 5.41. The second-order valence-electron chi connectivity index (χ2n) is 5.41. The molecule has 2 rings (SSSR count). The van der Waals surface area contributed by atoms with Gasteiger partial charge in [-0.2, -0.15) is 0 Å². The summed E-state index contributed by atoms with van der Waals surface area (Å²) >= 11 is 0. The molecule has 0 radical (unpaired) electrons. The van der Waals surface area contributed by atoms with Crippen molar-refractivity contribution in [2.45, 2.75) is 20.0 Å². The SMILES string of the molecule is CC(=O)c1cccc(NC(=O)[C@H](C)OC(=O)c2ccc(F)cc2N)c1. The number of esters is 1. The van der Waals surface area contributed by atoms with E-state index in [0.717, 1.165) is 12.1 Å². The van der Waals surface area contributed by atoms with Crippen LogP contribution in [0.2, 0.25) is 0 Å². The van der Waals surface area contributed by atoms with Gasteiger partial charge in [0.05, 0.1) is 5.56 Å². The molecular weight excluding hydrogens is 327 g/mol. The minimum atomic E-state index is -1.11. The average molecular weight is 344 g/mol. The van der Waals surface area contributed by atoms with Gasteiger partial charge in [0, 0.05) is 16.9 Å². The van der Waals surface area contributed by atoms with E-state index in [1.807, 2.05) is 0 Å². The van der Waals surface area contributed by atoms with Crippen molar-refractivity contribution >= 4 is 29.0 Å². The average Bonchev–Trinajstić information content (AvgIpc) is 2.54. The quantitative estimate of drug-likeness (QED) is 0.494. The van der Waals surface area contributed by atoms with E-state index in [1.54, 1.807) is 18.2 Å². The molecule has 7 heteroatoms. The number of hydrogen-bond donors (Lipinski definition) is 2. The highest BCUT2D eigenvalue weighted by Crippen LogP contribution is 2.16. The maximum Gasteiger partial charge on any atom is 0.341 e. The van der Waals surface area contributed by atoms with Gasteiger partial charge in [-0.3, -0.25) is 9.59 Å². The second kappa shape index (κ2) is 7.57. The number of nitrogen functional groups attached to an aromatic ring is 1. The van der Waals surface area contributed by atoms with Crippen LogP contribution in [-0.2, 0) is 9.53 Å². The number of benzene rings is 2. The van der Waals surface area contributed by atoms with E-state index in [4.69, 9.17) is 10.5 Å². The third-order valence-corrected chi connectivity index (χ3v) is 3.42. The fourth-order valence-corrected chi connectivity index (χ4v) is 2.06. The molecule has 0 heterocycles. The Bertz CT molecular complexity index is 836. The molecule has 1 amide bonds. The summed E-state index contributed by atoms with van der Waals surface area (Å²) in [5.74, 6) is -2.13. The number of nitrogens with two attached hydrogens (primary N) is 1. The summed E-state index contributed by atoms with van der Waals surface area (Å²) in [7, 11) is 0. The van der Waals surface area contributed by atoms with Crippen LogP contribution in [0, 0.1) is 5.82 Å². The Hall–Kier alpha value is -3.22. The molecule has 3 N–H and O–H groups in total. The van der Waals surface area contributed by atoms with Gasteiger partial charge >= 0.3 is 5.97 Å². The van der Waals surface area contributed by atoms with E-state index in [1.165, 1.54) is 26.0 Å². The molecule has 0 aliphatic carbocycles. The van der Waals surface area contributed by atoms with Crippen molar-refractivity contribution in [1.29, 1.82) is 0 Å². The number of nitrogens with one attached hydrogen (secondary N) is 1. The van der Waals surface area contributed by atoms with Crippen LogP contribution in [-0.4, -0.2) is 23.8 Å². The van der Waals surface area contributed by atoms with Crippen LogP contribution in [0.1, 0.15) is 34.6 Å². The maximum atomic E-state index is 13.0. The van der Waals surface area contributed by atoms with Crippen LogP contribution in [0.25, 0.3) is 0 Å². The van der Waals surface area contributed by atoms with Crippen LogP contribution in [0.4, 0.5) is 15.8 Å². The minimum absolute atomic E-state index is 0.0281. The van der Waals surface area contributed by atoms with Gasteiger partial charge in [0.15, 0.2) is 11.9 Å². The summed E-state index contributed by atoms with van der Waals surface area (Å²) in [4.78, 5) is 35.5. The Balaban J connectivity index is 2.03. The first kappa shape index (κ1) is 18.1. The molecule has 0 aliphatic heterocycles. The molecule has 25 heavy (non-hydrogen) atoms. The number of ketones is 1. The largest absolute Gasteiger partial charge is 0.449 e. The first-order valence-electron chi connectivity index (χ1n) is 7.46. The summed E-state index contributed by atoms with van der Waals surface area (Å²) < 4.78 is 18.1. The summed E-state index contributed by atoms with van der Waals surface area (Å²) in [5.41, 5.74) is 6.31. The molecule has 1 atom stereocenters. The van der Waals surface area contributed by atoms with Gasteiger partial charge in [-0.25, -0.2) is 9.18 Å². The smallest absolute Gasteiger partial charge is 0.341 e. The highest BCUT2D eigenvalue weighted by atomic mass is 19.1. The van der Waals surface area contributed by atoms with Crippen molar-refractivity contribution in [2.75, 3.05) is 11.1 Å². The van der Waals surface area contributed by atoms with Gasteiger partial charge < -0.3 is 15.8 Å². The van der Waals surface area contributed by atoms with Crippen molar-refractivity contribution in [1.82, 2.24) is 0 Å². The lowest BCUT2D eigenvalue weighted by Gasteiger charge is -2.14. The Morgan fingerprint density at radius 1 is 1.16 bits per heavy atom. The van der Waals surface area contributed by atoms with E-state index in [9.17, 15) is 18.8 Å². The Morgan fingerprint density at radius 3 is 2.52 bits per heavy atom. The van der Waals surface area contributed by atoms with Gasteiger partial charge in [0.2, 0.25) is 0 Å². The maximum absolute atomic E-state index is 13.0. The molecule has 0 bridgehead atoms. The fourth-order valence-electron chi connectivity index (χ4n) is 2.06. The zero-order valence-electron chi connectivity index (χ0n) is 13.7. The highest BCUT2D eigenvalue weighted by Gasteiger charge is 2.21. The van der Waals surface area contributed by atoms with E-state index in [2.05, 4.69) is 5.32 Å². The number of carbonyl (C=O) groups excluding carboxylic acids is 3. The van der Waals surface area contributed by atoms with Gasteiger partial charge in [-0.05, 0) is 44.2 Å². The summed E-state index contributed by atoms with van der Waals surface area (Å²) in [6, 6.07) is 9.64. The molecule has 0 aromatic heterocycles. The van der Waals surface area contributed by atoms with Gasteiger partial charge in [0.25, 0.3) is 5.91 Å². The van der Waals surface area contributed by atoms with Crippen molar-refractivity contribution in [2.24, 2.45) is 0 Å². The number of carbonyl (C=O) groups is 3. The van der Waals surface area contributed by atoms with Crippen LogP contribution in [0.15, 0.2) is 42.5 Å². The van der Waals surface area contributed by atoms with Gasteiger partial charge in [0.1, 0.15) is 5.82 Å². The predicted molar refractivity (Wildman–Crippen MR) is 90.8 cm³/mol. The lowest BCUT2D eigenvalue weighted by Crippen LogP contribution is -2.30. The van der Waals surface area contributed by atoms with Crippen molar-refractivity contribution < 1.29 is 23.5 Å². The lowest BCUT2D eigenvalue weighted by atomic mass is 10.1. The molecule has 0 unspecified atom stereocenters. The molecular formula is C18H17FN2O4. The number of ether oxygens (including phenoxy) is 1. The molecule has 0 saturated heterocycles. The summed E-state index contributed by atoms with van der Waals surface area (Å²) in [6.07, 6.45) is -1.11. The van der Waals surface area contributed by atoms with E-state index in [0.29, 0.717) is 11.3 Å². The number of rotatable bonds is 5. The number of anilines is 2. The Morgan fingerprint density at radius 2 is 1.88 bits per heavy atom. The molecule has 0 aliphatic rings. The predicted octanol–water partition coefficient (Wildman–Crippen LogP) is 2.79. The lowest BCUT2D eigenvalue weighted by molar-refractivity contribution is -0.123. The van der Waals surface area contributed by atoms with Crippen molar-refractivity contribution in [3.63, 3.8) is 0 Å². The first-order chi connectivity index (χ1) is 11.8. The summed E-state index contributed by atoms with van der Waals surface area (Å²) in [6.45, 7) is 2.81. The highest BCUT2D eigenvalue weighted by molar-refractivity contribution is 6.00. The zero-order valence-corrected chi connectivity index (χ0v) is 13.7. The van der Waals surface area contributed by atoms with Gasteiger partial charge in [-0.15, -0.1) is 0 Å². The topological polar surface area (TPSA) is 98.5 Å². The van der Waals surface area contributed by atoms with Crippen LogP contribution >= 0.6 is 0 Å². The third-order valence-electron chi connectivity index (χ3n) is 3.42. The normalized spacial score (nSPS) is 11.5. The van der Waals surface area contributed by atoms with E-state index >= 15 is 0 Å². The standard InChI is InChI=1S/C18H17FN2O4/c1-10(22)12-4-3-5-14(8-12)21-17(23)11(2)25-18(24)15-7-6-13(19)9-16(15)20/h3-9,11H,20H2,1-2H3,(H,21,23)/t11-/m0/s1. The zero-order chi connectivity index (χ0) is 18.6. The van der Waals surface area contributed by atoms with Crippen molar-refractivity contribution in [3.05, 3.63) is 59.4 Å². The summed E-state index contributed by atoms with van der Waals surface area (Å²) in [5, 5.41) is 2.56. The minimum Gasteiger partial charge on any atom is -0.449 e. The number of halogens is 1. The molecule has 130 valence electrons. The van der Waals surface area contributed by atoms with E-state index in [-0.39, 0.29) is 17.0 Å². The first-order valence-corrected chi connectivity index (χ1v) is 7.46. The Kier molecular flexibility index (Phi) is 5.49. The molecule has 0 fully saturated rings. The van der Waals surface area contributed by atoms with E-state index < -0.39 is 23.8 Å². The Labute approximate surface area is 143 Å². The number of hydrogen-bond acceptors (Lipinski definition) is 5. The third kappa shape index (κ3) is 4.63. The molecule has 6 nitrogen and oxygen atoms in total. The fraction of sp³-hybridized carbons (Fsp3) is 0.167. The molecule has 0 saturated carbocycles. The molecule has 0 spiro atoms. The number of Topliss-reactive ketones (excluding diaryl/α,β-unsaturated/α-hetero) is 1. The monoisotopic (exact) mass is 344 g/mol. The van der Waals surface area contributed by atoms with Gasteiger partial charge in [-0.1, -0.05) is 12.1 Å². The van der Waals surface area contributed by atoms with Crippen molar-refractivity contribution in [3.8, 4) is 0 Å². The van der Waals surface area contributed by atoms with Crippen LogP contribution < -0.4 is 11.1 Å². The molecule has 2 aromatic rings.